The summed E-state index contributed by atoms with van der Waals surface area (Å²) in [5, 5.41) is 14.8. The van der Waals surface area contributed by atoms with Gasteiger partial charge in [0.05, 0.1) is 17.6 Å². The number of benzene rings is 2. The molecular weight excluding hydrogens is 472 g/mol. The molecule has 2 aliphatic rings. The van der Waals surface area contributed by atoms with Crippen LogP contribution in [0, 0.1) is 10.1 Å². The van der Waals surface area contributed by atoms with Crippen molar-refractivity contribution in [3.05, 3.63) is 99.4 Å². The smallest absolute Gasteiger partial charge is 0.270 e. The average molecular weight is 501 g/mol. The minimum Gasteiger partial charge on any atom is -0.497 e. The standard InChI is InChI=1S/C28H28N4O5/c1-37-23-12-9-19(10-13-23)18-31-26(33)24-16-22(32(35)36)11-14-25(24)28(31,20-6-5-15-29-17-20)27(34)30-21-7-3-2-4-8-21/h5-6,9-17,21H,2-4,7-8,18H2,1H3,(H,30,34). The van der Waals surface area contributed by atoms with Gasteiger partial charge in [-0.05, 0) is 42.7 Å². The average Bonchev–Trinajstić information content (AvgIpc) is 3.18. The molecule has 1 N–H and O–H groups in total. The van der Waals surface area contributed by atoms with E-state index in [2.05, 4.69) is 10.3 Å². The van der Waals surface area contributed by atoms with E-state index in [1.54, 1.807) is 43.8 Å². The molecule has 0 saturated heterocycles. The predicted octanol–water partition coefficient (Wildman–Crippen LogP) is 4.35. The Hall–Kier alpha value is -4.27. The molecule has 37 heavy (non-hydrogen) atoms. The number of nitro groups is 1. The van der Waals surface area contributed by atoms with Gasteiger partial charge in [0.15, 0.2) is 5.54 Å². The van der Waals surface area contributed by atoms with Crippen LogP contribution in [0.3, 0.4) is 0 Å². The molecule has 0 spiro atoms. The van der Waals surface area contributed by atoms with Gasteiger partial charge in [-0.25, -0.2) is 0 Å². The van der Waals surface area contributed by atoms with Gasteiger partial charge in [-0.2, -0.15) is 0 Å². The zero-order chi connectivity index (χ0) is 26.0. The van der Waals surface area contributed by atoms with Gasteiger partial charge in [-0.15, -0.1) is 0 Å². The zero-order valence-electron chi connectivity index (χ0n) is 20.6. The summed E-state index contributed by atoms with van der Waals surface area (Å²) in [5.41, 5.74) is 0.134. The van der Waals surface area contributed by atoms with Gasteiger partial charge in [0.2, 0.25) is 0 Å². The first-order chi connectivity index (χ1) is 17.9. The lowest BCUT2D eigenvalue weighted by atomic mass is 9.81. The molecule has 190 valence electrons. The second-order valence-corrected chi connectivity index (χ2v) is 9.49. The predicted molar refractivity (Wildman–Crippen MR) is 136 cm³/mol. The van der Waals surface area contributed by atoms with Crippen molar-refractivity contribution < 1.29 is 19.2 Å². The molecule has 5 rings (SSSR count). The molecule has 2 amide bonds. The van der Waals surface area contributed by atoms with Gasteiger partial charge < -0.3 is 15.0 Å². The number of fused-ring (bicyclic) bond motifs is 1. The number of non-ortho nitro benzene ring substituents is 1. The maximum absolute atomic E-state index is 14.4. The summed E-state index contributed by atoms with van der Waals surface area (Å²) in [4.78, 5) is 45.1. The number of amides is 2. The molecule has 9 nitrogen and oxygen atoms in total. The third-order valence-electron chi connectivity index (χ3n) is 7.33. The first kappa shape index (κ1) is 24.4. The summed E-state index contributed by atoms with van der Waals surface area (Å²) in [6.07, 6.45) is 8.13. The van der Waals surface area contributed by atoms with Gasteiger partial charge in [0, 0.05) is 48.2 Å². The summed E-state index contributed by atoms with van der Waals surface area (Å²) in [6.45, 7) is 0.109. The normalized spacial score (nSPS) is 19.4. The Balaban J connectivity index is 1.68. The van der Waals surface area contributed by atoms with E-state index in [-0.39, 0.29) is 29.7 Å². The highest BCUT2D eigenvalue weighted by Gasteiger charge is 2.57. The minimum atomic E-state index is -1.53. The Labute approximate surface area is 214 Å². The number of nitrogens with one attached hydrogen (secondary N) is 1. The number of nitro benzene ring substituents is 1. The number of aromatic nitrogens is 1. The fourth-order valence-corrected chi connectivity index (χ4v) is 5.49. The maximum atomic E-state index is 14.4. The molecule has 3 aromatic rings. The highest BCUT2D eigenvalue weighted by atomic mass is 16.6. The van der Waals surface area contributed by atoms with Crippen LogP contribution in [0.2, 0.25) is 0 Å². The molecule has 1 aliphatic carbocycles. The van der Waals surface area contributed by atoms with Gasteiger partial charge in [-0.1, -0.05) is 37.5 Å². The highest BCUT2D eigenvalue weighted by Crippen LogP contribution is 2.46. The number of carbonyl (C=O) groups is 2. The van der Waals surface area contributed by atoms with Gasteiger partial charge >= 0.3 is 0 Å². The molecule has 2 heterocycles. The SMILES string of the molecule is COc1ccc(CN2C(=O)c3cc([N+](=O)[O-])ccc3C2(C(=O)NC2CCCCC2)c2cccnc2)cc1. The Bertz CT molecular complexity index is 1320. The van der Waals surface area contributed by atoms with E-state index in [4.69, 9.17) is 4.74 Å². The second kappa shape index (κ2) is 10.0. The van der Waals surface area contributed by atoms with Crippen molar-refractivity contribution >= 4 is 17.5 Å². The number of hydrogen-bond donors (Lipinski definition) is 1. The van der Waals surface area contributed by atoms with E-state index >= 15 is 0 Å². The quantitative estimate of drug-likeness (QED) is 0.381. The van der Waals surface area contributed by atoms with Crippen molar-refractivity contribution in [1.29, 1.82) is 0 Å². The number of methoxy groups -OCH3 is 1. The Morgan fingerprint density at radius 3 is 2.57 bits per heavy atom. The van der Waals surface area contributed by atoms with Crippen molar-refractivity contribution in [2.45, 2.75) is 50.2 Å². The van der Waals surface area contributed by atoms with Crippen LogP contribution in [-0.4, -0.2) is 39.8 Å². The Morgan fingerprint density at radius 2 is 1.92 bits per heavy atom. The summed E-state index contributed by atoms with van der Waals surface area (Å²) < 4.78 is 5.26. The summed E-state index contributed by atoms with van der Waals surface area (Å²) >= 11 is 0. The lowest BCUT2D eigenvalue weighted by Crippen LogP contribution is -2.57. The number of rotatable bonds is 7. The van der Waals surface area contributed by atoms with Crippen LogP contribution in [0.15, 0.2) is 67.0 Å². The second-order valence-electron chi connectivity index (χ2n) is 9.49. The van der Waals surface area contributed by atoms with Gasteiger partial charge in [0.25, 0.3) is 17.5 Å². The van der Waals surface area contributed by atoms with Crippen molar-refractivity contribution in [2.75, 3.05) is 7.11 Å². The van der Waals surface area contributed by atoms with E-state index in [0.717, 1.165) is 37.7 Å². The summed E-state index contributed by atoms with van der Waals surface area (Å²) in [6, 6.07) is 14.9. The van der Waals surface area contributed by atoms with Crippen molar-refractivity contribution in [3.8, 4) is 5.75 Å². The number of ether oxygens (including phenoxy) is 1. The van der Waals surface area contributed by atoms with Crippen molar-refractivity contribution in [3.63, 3.8) is 0 Å². The van der Waals surface area contributed by atoms with E-state index < -0.39 is 16.4 Å². The van der Waals surface area contributed by atoms with E-state index in [0.29, 0.717) is 16.9 Å². The summed E-state index contributed by atoms with van der Waals surface area (Å²) in [7, 11) is 1.57. The van der Waals surface area contributed by atoms with E-state index in [1.165, 1.54) is 23.1 Å². The third kappa shape index (κ3) is 4.30. The zero-order valence-corrected chi connectivity index (χ0v) is 20.6. The lowest BCUT2D eigenvalue weighted by molar-refractivity contribution is -0.384. The summed E-state index contributed by atoms with van der Waals surface area (Å²) in [5.74, 6) is -0.108. The van der Waals surface area contributed by atoms with Crippen LogP contribution in [0.4, 0.5) is 5.69 Å². The number of hydrogen-bond acceptors (Lipinski definition) is 6. The monoisotopic (exact) mass is 500 g/mol. The van der Waals surface area contributed by atoms with E-state index in [9.17, 15) is 19.7 Å². The molecule has 1 atom stereocenters. The molecule has 1 saturated carbocycles. The van der Waals surface area contributed by atoms with Crippen molar-refractivity contribution in [1.82, 2.24) is 15.2 Å². The van der Waals surface area contributed by atoms with Crippen LogP contribution in [0.1, 0.15) is 59.2 Å². The first-order valence-electron chi connectivity index (χ1n) is 12.4. The van der Waals surface area contributed by atoms with Gasteiger partial charge in [0.1, 0.15) is 5.75 Å². The van der Waals surface area contributed by atoms with Crippen LogP contribution >= 0.6 is 0 Å². The van der Waals surface area contributed by atoms with Crippen LogP contribution < -0.4 is 10.1 Å². The first-order valence-corrected chi connectivity index (χ1v) is 12.4. The minimum absolute atomic E-state index is 0.00478. The highest BCUT2D eigenvalue weighted by molar-refractivity contribution is 6.09. The molecule has 1 aliphatic heterocycles. The number of pyridine rings is 1. The molecule has 1 unspecified atom stereocenters. The van der Waals surface area contributed by atoms with Crippen LogP contribution in [-0.2, 0) is 16.9 Å². The fraction of sp³-hybridized carbons (Fsp3) is 0.321. The van der Waals surface area contributed by atoms with Crippen LogP contribution in [0.25, 0.3) is 0 Å². The third-order valence-corrected chi connectivity index (χ3v) is 7.33. The number of carbonyl (C=O) groups excluding carboxylic acids is 2. The van der Waals surface area contributed by atoms with Crippen LogP contribution in [0.5, 0.6) is 5.75 Å². The fourth-order valence-electron chi connectivity index (χ4n) is 5.49. The molecule has 2 aromatic carbocycles. The maximum Gasteiger partial charge on any atom is 0.270 e. The molecule has 0 bridgehead atoms. The lowest BCUT2D eigenvalue weighted by Gasteiger charge is -2.39. The largest absolute Gasteiger partial charge is 0.497 e. The molecule has 1 aromatic heterocycles. The molecule has 9 heteroatoms. The topological polar surface area (TPSA) is 115 Å². The molecular formula is C28H28N4O5. The van der Waals surface area contributed by atoms with Crippen molar-refractivity contribution in [2.24, 2.45) is 0 Å². The Morgan fingerprint density at radius 1 is 1.16 bits per heavy atom. The molecule has 0 radical (unpaired) electrons. The Kier molecular flexibility index (Phi) is 6.60. The van der Waals surface area contributed by atoms with Gasteiger partial charge in [-0.3, -0.25) is 24.7 Å². The number of nitrogens with zero attached hydrogens (tertiary/aromatic N) is 3. The van der Waals surface area contributed by atoms with E-state index in [1.807, 2.05) is 12.1 Å². The molecule has 1 fully saturated rings.